The van der Waals surface area contributed by atoms with Gasteiger partial charge >= 0.3 is 0 Å². The van der Waals surface area contributed by atoms with Gasteiger partial charge in [-0.3, -0.25) is 0 Å². The molecule has 2 heteroatoms. The van der Waals surface area contributed by atoms with Gasteiger partial charge < -0.3 is 0 Å². The molecular weight excluding hydrogens is 232 g/mol. The molecule has 0 heterocycles. The summed E-state index contributed by atoms with van der Waals surface area (Å²) in [5, 5.41) is 16.8. The van der Waals surface area contributed by atoms with Gasteiger partial charge in [0.25, 0.3) is 0 Å². The molecule has 0 saturated heterocycles. The lowest BCUT2D eigenvalue weighted by Crippen LogP contribution is -2.05. The lowest BCUT2D eigenvalue weighted by Gasteiger charge is -2.11. The van der Waals surface area contributed by atoms with Gasteiger partial charge in [0.1, 0.15) is 0 Å². The van der Waals surface area contributed by atoms with E-state index >= 15 is 0 Å². The molecule has 0 N–H and O–H groups in total. The molecule has 0 saturated carbocycles. The Morgan fingerprint density at radius 1 is 1.05 bits per heavy atom. The molecule has 0 aliphatic heterocycles. The summed E-state index contributed by atoms with van der Waals surface area (Å²) in [7, 11) is 0. The SMILES string of the molecule is C=CC.CC(C)(C)C#N.CC(C)=CCC(C)(C)C#N. The maximum absolute atomic E-state index is 8.63. The molecule has 0 unspecified atom stereocenters. The van der Waals surface area contributed by atoms with Gasteiger partial charge in [0.05, 0.1) is 17.6 Å². The van der Waals surface area contributed by atoms with Crippen molar-refractivity contribution in [2.75, 3.05) is 0 Å². The molecule has 0 atom stereocenters. The Balaban J connectivity index is -0.000000242. The van der Waals surface area contributed by atoms with E-state index in [1.54, 1.807) is 6.08 Å². The van der Waals surface area contributed by atoms with Crippen LogP contribution in [0, 0.1) is 33.5 Å². The first-order valence-electron chi connectivity index (χ1n) is 6.48. The van der Waals surface area contributed by atoms with Crippen molar-refractivity contribution in [2.24, 2.45) is 10.8 Å². The highest BCUT2D eigenvalue weighted by atomic mass is 14.3. The topological polar surface area (TPSA) is 47.6 Å². The molecule has 19 heavy (non-hydrogen) atoms. The van der Waals surface area contributed by atoms with Crippen molar-refractivity contribution in [1.82, 2.24) is 0 Å². The molecule has 0 aromatic rings. The predicted molar refractivity (Wildman–Crippen MR) is 84.4 cm³/mol. The molecule has 0 radical (unpaired) electrons. The zero-order valence-corrected chi connectivity index (χ0v) is 14.0. The molecule has 0 bridgehead atoms. The zero-order chi connectivity index (χ0) is 16.1. The summed E-state index contributed by atoms with van der Waals surface area (Å²) in [4.78, 5) is 0. The van der Waals surface area contributed by atoms with E-state index in [1.807, 2.05) is 55.4 Å². The molecule has 0 aliphatic rings. The molecule has 0 aliphatic carbocycles. The van der Waals surface area contributed by atoms with Crippen LogP contribution in [0.5, 0.6) is 0 Å². The fraction of sp³-hybridized carbons (Fsp3) is 0.647. The third kappa shape index (κ3) is 31.5. The van der Waals surface area contributed by atoms with Crippen molar-refractivity contribution in [1.29, 1.82) is 10.5 Å². The van der Waals surface area contributed by atoms with E-state index in [-0.39, 0.29) is 10.8 Å². The van der Waals surface area contributed by atoms with Gasteiger partial charge in [0, 0.05) is 5.41 Å². The average Bonchev–Trinajstić information content (AvgIpc) is 2.28. The third-order valence-corrected chi connectivity index (χ3v) is 1.66. The number of hydrogen-bond donors (Lipinski definition) is 0. The van der Waals surface area contributed by atoms with Gasteiger partial charge in [-0.05, 0) is 61.8 Å². The van der Waals surface area contributed by atoms with Gasteiger partial charge in [-0.2, -0.15) is 10.5 Å². The van der Waals surface area contributed by atoms with Crippen LogP contribution >= 0.6 is 0 Å². The minimum Gasteiger partial charge on any atom is -0.198 e. The van der Waals surface area contributed by atoms with Crippen LogP contribution in [-0.4, -0.2) is 0 Å². The smallest absolute Gasteiger partial charge is 0.0687 e. The van der Waals surface area contributed by atoms with Crippen molar-refractivity contribution >= 4 is 0 Å². The Morgan fingerprint density at radius 3 is 1.53 bits per heavy atom. The highest BCUT2D eigenvalue weighted by molar-refractivity contribution is 5.02. The van der Waals surface area contributed by atoms with Crippen LogP contribution in [-0.2, 0) is 0 Å². The zero-order valence-electron chi connectivity index (χ0n) is 14.0. The van der Waals surface area contributed by atoms with E-state index in [0.29, 0.717) is 0 Å². The number of allylic oxidation sites excluding steroid dienone is 3. The second-order valence-electron chi connectivity index (χ2n) is 6.25. The molecule has 0 spiro atoms. The number of hydrogen-bond acceptors (Lipinski definition) is 2. The van der Waals surface area contributed by atoms with E-state index in [2.05, 4.69) is 24.8 Å². The Bertz CT molecular complexity index is 337. The number of nitrogens with zero attached hydrogens (tertiary/aromatic N) is 2. The first-order valence-corrected chi connectivity index (χ1v) is 6.48. The molecule has 0 fully saturated rings. The van der Waals surface area contributed by atoms with Gasteiger partial charge in [-0.25, -0.2) is 0 Å². The van der Waals surface area contributed by atoms with E-state index in [1.165, 1.54) is 5.57 Å². The fourth-order valence-corrected chi connectivity index (χ4v) is 0.505. The minimum atomic E-state index is -0.197. The standard InChI is InChI=1S/C9H15N.C5H9N.C3H6/c1-8(2)5-6-9(3,4)7-10;1-5(2,3)4-6;1-3-2/h5H,6H2,1-4H3;1-3H3;3H,1H2,2H3. The van der Waals surface area contributed by atoms with Gasteiger partial charge in [0.2, 0.25) is 0 Å². The van der Waals surface area contributed by atoms with Crippen LogP contribution in [0.2, 0.25) is 0 Å². The normalized spacial score (nSPS) is 9.37. The van der Waals surface area contributed by atoms with Crippen molar-refractivity contribution in [2.45, 2.75) is 61.8 Å². The molecule has 0 rings (SSSR count). The molecule has 0 aromatic carbocycles. The van der Waals surface area contributed by atoms with Crippen LogP contribution in [0.3, 0.4) is 0 Å². The predicted octanol–water partition coefficient (Wildman–Crippen LogP) is 5.64. The number of rotatable bonds is 2. The van der Waals surface area contributed by atoms with Crippen LogP contribution in [0.1, 0.15) is 61.8 Å². The van der Waals surface area contributed by atoms with E-state index in [0.717, 1.165) is 6.42 Å². The van der Waals surface area contributed by atoms with Crippen molar-refractivity contribution in [3.8, 4) is 12.1 Å². The summed E-state index contributed by atoms with van der Waals surface area (Å²) in [6.07, 6.45) is 4.70. The van der Waals surface area contributed by atoms with Crippen molar-refractivity contribution in [3.63, 3.8) is 0 Å². The first-order chi connectivity index (χ1) is 8.45. The number of nitriles is 2. The summed E-state index contributed by atoms with van der Waals surface area (Å²) in [6, 6.07) is 4.36. The fourth-order valence-electron chi connectivity index (χ4n) is 0.505. The minimum absolute atomic E-state index is 0.153. The summed E-state index contributed by atoms with van der Waals surface area (Å²) >= 11 is 0. The highest BCUT2D eigenvalue weighted by Crippen LogP contribution is 2.19. The third-order valence-electron chi connectivity index (χ3n) is 1.66. The summed E-state index contributed by atoms with van der Waals surface area (Å²) in [5.41, 5.74) is 0.931. The lowest BCUT2D eigenvalue weighted by atomic mass is 9.91. The van der Waals surface area contributed by atoms with E-state index in [4.69, 9.17) is 10.5 Å². The quantitative estimate of drug-likeness (QED) is 0.604. The van der Waals surface area contributed by atoms with Gasteiger partial charge in [-0.15, -0.1) is 6.58 Å². The van der Waals surface area contributed by atoms with Crippen LogP contribution < -0.4 is 0 Å². The second-order valence-corrected chi connectivity index (χ2v) is 6.25. The molecule has 0 aromatic heterocycles. The summed E-state index contributed by atoms with van der Waals surface area (Å²) < 4.78 is 0. The summed E-state index contributed by atoms with van der Waals surface area (Å²) in [5.74, 6) is 0. The lowest BCUT2D eigenvalue weighted by molar-refractivity contribution is 0.503. The average molecular weight is 262 g/mol. The second kappa shape index (κ2) is 11.5. The van der Waals surface area contributed by atoms with Gasteiger partial charge in [0.15, 0.2) is 0 Å². The monoisotopic (exact) mass is 262 g/mol. The van der Waals surface area contributed by atoms with Crippen LogP contribution in [0.4, 0.5) is 0 Å². The maximum atomic E-state index is 8.63. The molecular formula is C17H30N2. The van der Waals surface area contributed by atoms with E-state index < -0.39 is 0 Å². The first kappa shape index (κ1) is 22.6. The Labute approximate surface area is 120 Å². The molecule has 2 nitrogen and oxygen atoms in total. The Hall–Kier alpha value is -1.54. The van der Waals surface area contributed by atoms with Crippen molar-refractivity contribution < 1.29 is 0 Å². The van der Waals surface area contributed by atoms with Crippen LogP contribution in [0.25, 0.3) is 0 Å². The largest absolute Gasteiger partial charge is 0.198 e. The maximum Gasteiger partial charge on any atom is 0.0687 e. The summed E-state index contributed by atoms with van der Waals surface area (Å²) in [6.45, 7) is 18.9. The van der Waals surface area contributed by atoms with Crippen molar-refractivity contribution in [3.05, 3.63) is 24.3 Å². The van der Waals surface area contributed by atoms with Gasteiger partial charge in [-0.1, -0.05) is 17.7 Å². The Morgan fingerprint density at radius 2 is 1.37 bits per heavy atom. The molecule has 108 valence electrons. The highest BCUT2D eigenvalue weighted by Gasteiger charge is 2.13. The van der Waals surface area contributed by atoms with E-state index in [9.17, 15) is 0 Å². The van der Waals surface area contributed by atoms with Crippen LogP contribution in [0.15, 0.2) is 24.3 Å². The molecule has 0 amide bonds. The Kier molecular flexibility index (Phi) is 13.7.